The first kappa shape index (κ1) is 12.3. The molecule has 1 heterocycles. The van der Waals surface area contributed by atoms with Crippen LogP contribution in [-0.4, -0.2) is 11.5 Å². The van der Waals surface area contributed by atoms with E-state index in [1.807, 2.05) is 25.1 Å². The zero-order valence-electron chi connectivity index (χ0n) is 10.1. The number of dihydropyridines is 1. The Morgan fingerprint density at radius 3 is 2.89 bits per heavy atom. The number of hydrogen-bond donors (Lipinski definition) is 2. The fourth-order valence-corrected chi connectivity index (χ4v) is 2.03. The van der Waals surface area contributed by atoms with Gasteiger partial charge in [-0.3, -0.25) is 10.1 Å². The number of nitro benzene ring substituents is 1. The van der Waals surface area contributed by atoms with Gasteiger partial charge in [-0.05, 0) is 12.5 Å². The molecule has 0 spiro atoms. The summed E-state index contributed by atoms with van der Waals surface area (Å²) in [5, 5.41) is 13.9. The summed E-state index contributed by atoms with van der Waals surface area (Å²) in [4.78, 5) is 10.4. The van der Waals surface area contributed by atoms with Crippen LogP contribution in [0.2, 0.25) is 0 Å². The predicted molar refractivity (Wildman–Crippen MR) is 69.9 cm³/mol. The van der Waals surface area contributed by atoms with Crippen molar-refractivity contribution in [3.8, 4) is 0 Å². The zero-order chi connectivity index (χ0) is 13.1. The Kier molecular flexibility index (Phi) is 3.43. The van der Waals surface area contributed by atoms with Gasteiger partial charge in [0, 0.05) is 36.0 Å². The van der Waals surface area contributed by atoms with E-state index in [-0.39, 0.29) is 16.5 Å². The van der Waals surface area contributed by atoms with Crippen molar-refractivity contribution in [2.24, 2.45) is 5.73 Å². The molecule has 2 rings (SSSR count). The van der Waals surface area contributed by atoms with E-state index in [1.165, 1.54) is 6.07 Å². The summed E-state index contributed by atoms with van der Waals surface area (Å²) in [6.07, 6.45) is 4.02. The number of nitrogens with zero attached hydrogens (tertiary/aromatic N) is 1. The first-order valence-electron chi connectivity index (χ1n) is 5.70. The minimum atomic E-state index is -0.380. The van der Waals surface area contributed by atoms with Crippen LogP contribution >= 0.6 is 0 Å². The van der Waals surface area contributed by atoms with Crippen molar-refractivity contribution in [2.75, 3.05) is 6.54 Å². The molecule has 0 saturated carbocycles. The van der Waals surface area contributed by atoms with Crippen molar-refractivity contribution in [2.45, 2.75) is 12.8 Å². The summed E-state index contributed by atoms with van der Waals surface area (Å²) >= 11 is 0. The molecule has 0 amide bonds. The summed E-state index contributed by atoms with van der Waals surface area (Å²) in [6.45, 7) is 2.38. The Labute approximate surface area is 105 Å². The second-order valence-electron chi connectivity index (χ2n) is 4.25. The number of non-ortho nitro benzene ring substituents is 1. The average molecular weight is 245 g/mol. The van der Waals surface area contributed by atoms with Crippen molar-refractivity contribution >= 4 is 5.69 Å². The number of nitrogens with one attached hydrogen (secondary N) is 1. The van der Waals surface area contributed by atoms with Crippen LogP contribution in [0.15, 0.2) is 47.8 Å². The molecule has 0 fully saturated rings. The molecule has 0 aliphatic carbocycles. The lowest BCUT2D eigenvalue weighted by molar-refractivity contribution is -0.384. The monoisotopic (exact) mass is 245 g/mol. The molecule has 5 nitrogen and oxygen atoms in total. The highest BCUT2D eigenvalue weighted by atomic mass is 16.6. The molecule has 1 atom stereocenters. The molecule has 1 aromatic rings. The Morgan fingerprint density at radius 1 is 1.44 bits per heavy atom. The van der Waals surface area contributed by atoms with Gasteiger partial charge < -0.3 is 11.1 Å². The molecule has 18 heavy (non-hydrogen) atoms. The number of allylic oxidation sites excluding steroid dienone is 3. The fraction of sp³-hybridized carbons (Fsp3) is 0.231. The van der Waals surface area contributed by atoms with E-state index in [4.69, 9.17) is 5.73 Å². The van der Waals surface area contributed by atoms with Gasteiger partial charge in [0.1, 0.15) is 0 Å². The lowest BCUT2D eigenvalue weighted by Gasteiger charge is -2.20. The van der Waals surface area contributed by atoms with E-state index in [2.05, 4.69) is 5.32 Å². The molecule has 3 N–H and O–H groups in total. The van der Waals surface area contributed by atoms with Crippen LogP contribution in [0.4, 0.5) is 5.69 Å². The van der Waals surface area contributed by atoms with Gasteiger partial charge in [-0.15, -0.1) is 0 Å². The SMILES string of the molecule is CC1=CC(c2cccc([N+](=O)[O-])c2)C=C(CN)N1. The summed E-state index contributed by atoms with van der Waals surface area (Å²) < 4.78 is 0. The Morgan fingerprint density at radius 2 is 2.22 bits per heavy atom. The molecule has 0 saturated heterocycles. The number of nitrogens with two attached hydrogens (primary N) is 1. The Bertz CT molecular complexity index is 535. The van der Waals surface area contributed by atoms with Crippen molar-refractivity contribution in [1.29, 1.82) is 0 Å². The van der Waals surface area contributed by atoms with Crippen LogP contribution in [0.1, 0.15) is 18.4 Å². The maximum atomic E-state index is 10.8. The maximum Gasteiger partial charge on any atom is 0.269 e. The molecular formula is C13H15N3O2. The van der Waals surface area contributed by atoms with Crippen molar-refractivity contribution in [1.82, 2.24) is 5.32 Å². The van der Waals surface area contributed by atoms with Crippen LogP contribution in [0, 0.1) is 10.1 Å². The van der Waals surface area contributed by atoms with Crippen molar-refractivity contribution < 1.29 is 4.92 Å². The predicted octanol–water partition coefficient (Wildman–Crippen LogP) is 2.03. The largest absolute Gasteiger partial charge is 0.362 e. The normalized spacial score (nSPS) is 18.7. The highest BCUT2D eigenvalue weighted by molar-refractivity contribution is 5.41. The molecule has 1 aliphatic heterocycles. The molecule has 1 unspecified atom stereocenters. The quantitative estimate of drug-likeness (QED) is 0.630. The van der Waals surface area contributed by atoms with Gasteiger partial charge in [-0.1, -0.05) is 24.3 Å². The van der Waals surface area contributed by atoms with Crippen LogP contribution in [0.5, 0.6) is 0 Å². The van der Waals surface area contributed by atoms with Crippen molar-refractivity contribution in [3.05, 3.63) is 63.5 Å². The van der Waals surface area contributed by atoms with Gasteiger partial charge in [0.15, 0.2) is 0 Å². The smallest absolute Gasteiger partial charge is 0.269 e. The van der Waals surface area contributed by atoms with Gasteiger partial charge in [-0.25, -0.2) is 0 Å². The van der Waals surface area contributed by atoms with Gasteiger partial charge >= 0.3 is 0 Å². The number of nitro groups is 1. The molecule has 5 heteroatoms. The maximum absolute atomic E-state index is 10.8. The third-order valence-corrected chi connectivity index (χ3v) is 2.85. The Balaban J connectivity index is 2.36. The van der Waals surface area contributed by atoms with Crippen LogP contribution < -0.4 is 11.1 Å². The standard InChI is InChI=1S/C13H15N3O2/c1-9-5-11(6-12(8-14)15-9)10-3-2-4-13(7-10)16(17)18/h2-7,11,15H,8,14H2,1H3. The topological polar surface area (TPSA) is 81.2 Å². The summed E-state index contributed by atoms with van der Waals surface area (Å²) in [5.41, 5.74) is 8.57. The number of hydrogen-bond acceptors (Lipinski definition) is 4. The second-order valence-corrected chi connectivity index (χ2v) is 4.25. The minimum absolute atomic E-state index is 0.0321. The molecular weight excluding hydrogens is 230 g/mol. The Hall–Kier alpha value is -2.14. The number of benzene rings is 1. The third-order valence-electron chi connectivity index (χ3n) is 2.85. The van der Waals surface area contributed by atoms with Gasteiger partial charge in [0.2, 0.25) is 0 Å². The van der Waals surface area contributed by atoms with Crippen LogP contribution in [-0.2, 0) is 0 Å². The summed E-state index contributed by atoms with van der Waals surface area (Å²) in [5.74, 6) is 0.0321. The molecule has 1 aromatic carbocycles. The summed E-state index contributed by atoms with van der Waals surface area (Å²) in [7, 11) is 0. The molecule has 0 radical (unpaired) electrons. The van der Waals surface area contributed by atoms with E-state index >= 15 is 0 Å². The van der Waals surface area contributed by atoms with E-state index in [9.17, 15) is 10.1 Å². The van der Waals surface area contributed by atoms with Crippen LogP contribution in [0.25, 0.3) is 0 Å². The molecule has 0 bridgehead atoms. The van der Waals surface area contributed by atoms with Crippen LogP contribution in [0.3, 0.4) is 0 Å². The van der Waals surface area contributed by atoms with E-state index in [0.717, 1.165) is 17.0 Å². The molecule has 1 aliphatic rings. The lowest BCUT2D eigenvalue weighted by atomic mass is 9.94. The molecule has 0 aromatic heterocycles. The first-order chi connectivity index (χ1) is 8.60. The lowest BCUT2D eigenvalue weighted by Crippen LogP contribution is -2.22. The number of rotatable bonds is 3. The van der Waals surface area contributed by atoms with E-state index in [1.54, 1.807) is 12.1 Å². The van der Waals surface area contributed by atoms with Gasteiger partial charge in [0.05, 0.1) is 4.92 Å². The third kappa shape index (κ3) is 2.57. The second kappa shape index (κ2) is 5.01. The van der Waals surface area contributed by atoms with E-state index in [0.29, 0.717) is 6.54 Å². The van der Waals surface area contributed by atoms with Gasteiger partial charge in [-0.2, -0.15) is 0 Å². The fourth-order valence-electron chi connectivity index (χ4n) is 2.03. The first-order valence-corrected chi connectivity index (χ1v) is 5.70. The minimum Gasteiger partial charge on any atom is -0.362 e. The van der Waals surface area contributed by atoms with Gasteiger partial charge in [0.25, 0.3) is 5.69 Å². The highest BCUT2D eigenvalue weighted by Crippen LogP contribution is 2.27. The van der Waals surface area contributed by atoms with Crippen molar-refractivity contribution in [3.63, 3.8) is 0 Å². The summed E-state index contributed by atoms with van der Waals surface area (Å²) in [6, 6.07) is 6.69. The average Bonchev–Trinajstić information content (AvgIpc) is 2.38. The molecule has 94 valence electrons. The van der Waals surface area contributed by atoms with E-state index < -0.39 is 0 Å². The zero-order valence-corrected chi connectivity index (χ0v) is 10.1. The highest BCUT2D eigenvalue weighted by Gasteiger charge is 2.15.